The third kappa shape index (κ3) is 2.80. The standard InChI is InChI=1S/C11H13N3O3/c15-10-6-14(7-11(16)13-10)9-3-1-8(2-4-9)5-12-17/h1-4,12,17H,5-7H2,(H,13,15,16). The molecule has 17 heavy (non-hydrogen) atoms. The van der Waals surface area contributed by atoms with Crippen molar-refractivity contribution in [2.75, 3.05) is 18.0 Å². The van der Waals surface area contributed by atoms with E-state index in [2.05, 4.69) is 10.8 Å². The van der Waals surface area contributed by atoms with Gasteiger partial charge in [0.2, 0.25) is 11.8 Å². The Hall–Kier alpha value is -1.92. The quantitative estimate of drug-likeness (QED) is 0.492. The number of amides is 2. The fourth-order valence-corrected chi connectivity index (χ4v) is 1.74. The molecule has 0 aliphatic carbocycles. The van der Waals surface area contributed by atoms with Gasteiger partial charge in [0.15, 0.2) is 0 Å². The molecule has 1 aromatic carbocycles. The van der Waals surface area contributed by atoms with Crippen LogP contribution < -0.4 is 15.7 Å². The van der Waals surface area contributed by atoms with Crippen molar-refractivity contribution in [3.63, 3.8) is 0 Å². The van der Waals surface area contributed by atoms with Crippen LogP contribution in [-0.4, -0.2) is 30.1 Å². The van der Waals surface area contributed by atoms with Crippen molar-refractivity contribution in [2.45, 2.75) is 6.54 Å². The SMILES string of the molecule is O=C1CN(c2ccc(CNO)cc2)CC(=O)N1. The highest BCUT2D eigenvalue weighted by Gasteiger charge is 2.22. The summed E-state index contributed by atoms with van der Waals surface area (Å²) in [4.78, 5) is 24.1. The second kappa shape index (κ2) is 4.94. The third-order valence-electron chi connectivity index (χ3n) is 2.53. The first-order valence-corrected chi connectivity index (χ1v) is 5.22. The Bertz CT molecular complexity index is 414. The average Bonchev–Trinajstić information content (AvgIpc) is 2.29. The number of imide groups is 1. The highest BCUT2D eigenvalue weighted by Crippen LogP contribution is 2.16. The maximum atomic E-state index is 11.2. The first-order chi connectivity index (χ1) is 8.19. The molecule has 0 saturated carbocycles. The zero-order chi connectivity index (χ0) is 12.3. The first kappa shape index (κ1) is 11.6. The van der Waals surface area contributed by atoms with Crippen molar-refractivity contribution in [3.05, 3.63) is 29.8 Å². The Balaban J connectivity index is 2.11. The number of nitrogens with zero attached hydrogens (tertiary/aromatic N) is 1. The van der Waals surface area contributed by atoms with E-state index in [-0.39, 0.29) is 24.9 Å². The number of nitrogens with one attached hydrogen (secondary N) is 2. The van der Waals surface area contributed by atoms with E-state index in [0.717, 1.165) is 11.3 Å². The van der Waals surface area contributed by atoms with Gasteiger partial charge in [0, 0.05) is 12.2 Å². The minimum Gasteiger partial charge on any atom is -0.353 e. The molecule has 2 amide bonds. The molecule has 2 rings (SSSR count). The summed E-state index contributed by atoms with van der Waals surface area (Å²) in [6, 6.07) is 7.29. The lowest BCUT2D eigenvalue weighted by molar-refractivity contribution is -0.130. The van der Waals surface area contributed by atoms with Gasteiger partial charge < -0.3 is 10.1 Å². The zero-order valence-corrected chi connectivity index (χ0v) is 9.14. The molecule has 1 aliphatic heterocycles. The number of hydrogen-bond donors (Lipinski definition) is 3. The Morgan fingerprint density at radius 2 is 1.76 bits per heavy atom. The molecule has 0 atom stereocenters. The summed E-state index contributed by atoms with van der Waals surface area (Å²) >= 11 is 0. The molecule has 1 fully saturated rings. The summed E-state index contributed by atoms with van der Waals surface area (Å²) in [6.07, 6.45) is 0. The second-order valence-electron chi connectivity index (χ2n) is 3.83. The number of hydrogen-bond acceptors (Lipinski definition) is 5. The van der Waals surface area contributed by atoms with E-state index in [9.17, 15) is 9.59 Å². The number of carbonyl (C=O) groups excluding carboxylic acids is 2. The molecule has 1 saturated heterocycles. The van der Waals surface area contributed by atoms with E-state index in [0.29, 0.717) is 6.54 Å². The maximum absolute atomic E-state index is 11.2. The monoisotopic (exact) mass is 235 g/mol. The Labute approximate surface area is 98.2 Å². The number of hydroxylamine groups is 1. The molecule has 90 valence electrons. The lowest BCUT2D eigenvalue weighted by atomic mass is 10.2. The number of anilines is 1. The Morgan fingerprint density at radius 3 is 2.29 bits per heavy atom. The van der Waals surface area contributed by atoms with Crippen LogP contribution in [-0.2, 0) is 16.1 Å². The van der Waals surface area contributed by atoms with E-state index in [1.54, 1.807) is 4.90 Å². The van der Waals surface area contributed by atoms with E-state index < -0.39 is 0 Å². The van der Waals surface area contributed by atoms with Gasteiger partial charge in [-0.25, -0.2) is 5.48 Å². The second-order valence-corrected chi connectivity index (χ2v) is 3.83. The minimum atomic E-state index is -0.289. The van der Waals surface area contributed by atoms with Gasteiger partial charge in [-0.15, -0.1) is 0 Å². The summed E-state index contributed by atoms with van der Waals surface area (Å²) in [5, 5.41) is 10.8. The predicted octanol–water partition coefficient (Wildman–Crippen LogP) is -0.372. The number of piperazine rings is 1. The van der Waals surface area contributed by atoms with Crippen LogP contribution >= 0.6 is 0 Å². The molecule has 3 N–H and O–H groups in total. The molecule has 0 unspecified atom stereocenters. The summed E-state index contributed by atoms with van der Waals surface area (Å²) < 4.78 is 0. The van der Waals surface area contributed by atoms with Gasteiger partial charge in [-0.2, -0.15) is 0 Å². The molecule has 1 heterocycles. The normalized spacial score (nSPS) is 15.9. The highest BCUT2D eigenvalue weighted by atomic mass is 16.5. The largest absolute Gasteiger partial charge is 0.353 e. The summed E-state index contributed by atoms with van der Waals surface area (Å²) in [5.41, 5.74) is 3.80. The van der Waals surface area contributed by atoms with Crippen molar-refractivity contribution in [1.82, 2.24) is 10.8 Å². The van der Waals surface area contributed by atoms with Crippen LogP contribution in [0.3, 0.4) is 0 Å². The van der Waals surface area contributed by atoms with Gasteiger partial charge in [-0.1, -0.05) is 12.1 Å². The fraction of sp³-hybridized carbons (Fsp3) is 0.273. The minimum absolute atomic E-state index is 0.184. The number of carbonyl (C=O) groups is 2. The van der Waals surface area contributed by atoms with E-state index in [1.807, 2.05) is 24.3 Å². The fourth-order valence-electron chi connectivity index (χ4n) is 1.74. The van der Waals surface area contributed by atoms with Crippen LogP contribution in [0, 0.1) is 0 Å². The van der Waals surface area contributed by atoms with Crippen LogP contribution in [0.2, 0.25) is 0 Å². The Kier molecular flexibility index (Phi) is 3.36. The zero-order valence-electron chi connectivity index (χ0n) is 9.14. The molecule has 1 aliphatic rings. The lowest BCUT2D eigenvalue weighted by Crippen LogP contribution is -2.51. The molecule has 0 spiro atoms. The molecule has 0 bridgehead atoms. The number of rotatable bonds is 3. The maximum Gasteiger partial charge on any atom is 0.246 e. The van der Waals surface area contributed by atoms with Gasteiger partial charge in [0.1, 0.15) is 0 Å². The van der Waals surface area contributed by atoms with Crippen molar-refractivity contribution in [3.8, 4) is 0 Å². The molecule has 0 radical (unpaired) electrons. The lowest BCUT2D eigenvalue weighted by Gasteiger charge is -2.27. The van der Waals surface area contributed by atoms with Crippen molar-refractivity contribution in [1.29, 1.82) is 0 Å². The van der Waals surface area contributed by atoms with Gasteiger partial charge in [-0.3, -0.25) is 14.9 Å². The third-order valence-corrected chi connectivity index (χ3v) is 2.53. The molecular weight excluding hydrogens is 222 g/mol. The molecule has 6 heteroatoms. The van der Waals surface area contributed by atoms with Crippen molar-refractivity contribution >= 4 is 17.5 Å². The van der Waals surface area contributed by atoms with E-state index >= 15 is 0 Å². The van der Waals surface area contributed by atoms with Crippen LogP contribution in [0.5, 0.6) is 0 Å². The average molecular weight is 235 g/mol. The summed E-state index contributed by atoms with van der Waals surface area (Å²) in [7, 11) is 0. The van der Waals surface area contributed by atoms with Gasteiger partial charge in [0.05, 0.1) is 13.1 Å². The predicted molar refractivity (Wildman–Crippen MR) is 60.4 cm³/mol. The Morgan fingerprint density at radius 1 is 1.18 bits per heavy atom. The van der Waals surface area contributed by atoms with Gasteiger partial charge >= 0.3 is 0 Å². The van der Waals surface area contributed by atoms with Crippen molar-refractivity contribution < 1.29 is 14.8 Å². The van der Waals surface area contributed by atoms with Crippen LogP contribution in [0.4, 0.5) is 5.69 Å². The number of benzene rings is 1. The van der Waals surface area contributed by atoms with Gasteiger partial charge in [0.25, 0.3) is 0 Å². The van der Waals surface area contributed by atoms with Crippen LogP contribution in [0.25, 0.3) is 0 Å². The molecular formula is C11H13N3O3. The molecule has 6 nitrogen and oxygen atoms in total. The van der Waals surface area contributed by atoms with Crippen LogP contribution in [0.15, 0.2) is 24.3 Å². The molecule has 1 aromatic rings. The first-order valence-electron chi connectivity index (χ1n) is 5.22. The van der Waals surface area contributed by atoms with Gasteiger partial charge in [-0.05, 0) is 17.7 Å². The van der Waals surface area contributed by atoms with E-state index in [1.165, 1.54) is 0 Å². The van der Waals surface area contributed by atoms with Crippen LogP contribution in [0.1, 0.15) is 5.56 Å². The summed E-state index contributed by atoms with van der Waals surface area (Å²) in [6.45, 7) is 0.729. The van der Waals surface area contributed by atoms with Crippen molar-refractivity contribution in [2.24, 2.45) is 0 Å². The summed E-state index contributed by atoms with van der Waals surface area (Å²) in [5.74, 6) is -0.579. The smallest absolute Gasteiger partial charge is 0.246 e. The molecule has 0 aromatic heterocycles. The topological polar surface area (TPSA) is 81.7 Å². The van der Waals surface area contributed by atoms with E-state index in [4.69, 9.17) is 5.21 Å². The highest BCUT2D eigenvalue weighted by molar-refractivity contribution is 6.02.